The van der Waals surface area contributed by atoms with Gasteiger partial charge in [-0.2, -0.15) is 0 Å². The van der Waals surface area contributed by atoms with Gasteiger partial charge in [0.05, 0.1) is 11.0 Å². The summed E-state index contributed by atoms with van der Waals surface area (Å²) in [5.41, 5.74) is 3.37. The SMILES string of the molecule is Cc1cccc2c1[nH]c(=O)c1cc3c(cc12)c(=O)[nH]c1c(C)cccc13. The van der Waals surface area contributed by atoms with Gasteiger partial charge in [0.2, 0.25) is 0 Å². The van der Waals surface area contributed by atoms with Crippen LogP contribution in [0.4, 0.5) is 0 Å². The standard InChI is InChI=1S/C22H16N2O2/c1-11-5-3-7-13-15-9-18-16(10-17(15)21(25)23-19(11)13)14-8-4-6-12(2)20(14)24-22(18)26/h3-10H,1-2H3,(H,23,25)(H,24,26). The highest BCUT2D eigenvalue weighted by Crippen LogP contribution is 2.30. The Kier molecular flexibility index (Phi) is 2.89. The summed E-state index contributed by atoms with van der Waals surface area (Å²) in [7, 11) is 0. The number of nitrogens with one attached hydrogen (secondary N) is 2. The Hall–Kier alpha value is -3.40. The molecule has 0 saturated carbocycles. The topological polar surface area (TPSA) is 65.7 Å². The fourth-order valence-corrected chi connectivity index (χ4v) is 3.90. The molecule has 0 aliphatic heterocycles. The van der Waals surface area contributed by atoms with Crippen LogP contribution in [-0.2, 0) is 0 Å². The number of hydrogen-bond donors (Lipinski definition) is 2. The average molecular weight is 340 g/mol. The van der Waals surface area contributed by atoms with Crippen LogP contribution in [0.1, 0.15) is 11.1 Å². The summed E-state index contributed by atoms with van der Waals surface area (Å²) in [6.07, 6.45) is 0. The summed E-state index contributed by atoms with van der Waals surface area (Å²) < 4.78 is 0. The van der Waals surface area contributed by atoms with E-state index in [1.54, 1.807) is 0 Å². The number of aromatic nitrogens is 2. The van der Waals surface area contributed by atoms with Crippen molar-refractivity contribution in [2.45, 2.75) is 13.8 Å². The molecule has 0 radical (unpaired) electrons. The van der Waals surface area contributed by atoms with Gasteiger partial charge in [-0.1, -0.05) is 36.4 Å². The van der Waals surface area contributed by atoms with Crippen LogP contribution < -0.4 is 11.1 Å². The van der Waals surface area contributed by atoms with E-state index >= 15 is 0 Å². The number of fused-ring (bicyclic) bond motifs is 6. The maximum Gasteiger partial charge on any atom is 0.256 e. The molecule has 0 fully saturated rings. The molecule has 0 aliphatic carbocycles. The van der Waals surface area contributed by atoms with Gasteiger partial charge in [0.25, 0.3) is 11.1 Å². The second kappa shape index (κ2) is 5.05. The molecule has 5 aromatic rings. The summed E-state index contributed by atoms with van der Waals surface area (Å²) in [6, 6.07) is 15.5. The van der Waals surface area contributed by atoms with Crippen LogP contribution in [-0.4, -0.2) is 9.97 Å². The number of para-hydroxylation sites is 2. The third kappa shape index (κ3) is 1.90. The Balaban J connectivity index is 2.11. The summed E-state index contributed by atoms with van der Waals surface area (Å²) in [5.74, 6) is 0. The van der Waals surface area contributed by atoms with Crippen molar-refractivity contribution in [1.29, 1.82) is 0 Å². The summed E-state index contributed by atoms with van der Waals surface area (Å²) in [6.45, 7) is 3.93. The molecule has 3 aromatic carbocycles. The molecule has 0 atom stereocenters. The van der Waals surface area contributed by atoms with Crippen molar-refractivity contribution in [1.82, 2.24) is 9.97 Å². The van der Waals surface area contributed by atoms with Crippen LogP contribution in [0.15, 0.2) is 58.1 Å². The van der Waals surface area contributed by atoms with Gasteiger partial charge in [-0.15, -0.1) is 0 Å². The summed E-state index contributed by atoms with van der Waals surface area (Å²) >= 11 is 0. The van der Waals surface area contributed by atoms with E-state index in [1.807, 2.05) is 62.4 Å². The highest BCUT2D eigenvalue weighted by Gasteiger charge is 2.12. The molecule has 4 heteroatoms. The minimum atomic E-state index is -0.134. The molecule has 0 unspecified atom stereocenters. The van der Waals surface area contributed by atoms with Gasteiger partial charge in [0.1, 0.15) is 0 Å². The number of rotatable bonds is 0. The van der Waals surface area contributed by atoms with Crippen LogP contribution in [0.25, 0.3) is 43.4 Å². The van der Waals surface area contributed by atoms with Crippen molar-refractivity contribution < 1.29 is 0 Å². The molecule has 0 aliphatic rings. The van der Waals surface area contributed by atoms with Crippen LogP contribution in [0.2, 0.25) is 0 Å². The lowest BCUT2D eigenvalue weighted by Gasteiger charge is -2.10. The molecular formula is C22H16N2O2. The predicted octanol–water partition coefficient (Wildman–Crippen LogP) is 4.29. The predicted molar refractivity (Wildman–Crippen MR) is 107 cm³/mol. The van der Waals surface area contributed by atoms with Gasteiger partial charge in [0, 0.05) is 21.5 Å². The molecule has 2 aromatic heterocycles. The Morgan fingerprint density at radius 2 is 1.00 bits per heavy atom. The van der Waals surface area contributed by atoms with Gasteiger partial charge in [-0.05, 0) is 47.9 Å². The number of benzene rings is 3. The van der Waals surface area contributed by atoms with E-state index < -0.39 is 0 Å². The van der Waals surface area contributed by atoms with Crippen LogP contribution in [0, 0.1) is 13.8 Å². The van der Waals surface area contributed by atoms with E-state index in [4.69, 9.17) is 0 Å². The van der Waals surface area contributed by atoms with Gasteiger partial charge in [-0.3, -0.25) is 9.59 Å². The lowest BCUT2D eigenvalue weighted by molar-refractivity contribution is 1.31. The molecule has 0 spiro atoms. The third-order valence-corrected chi connectivity index (χ3v) is 5.25. The zero-order valence-electron chi connectivity index (χ0n) is 14.4. The molecule has 0 bridgehead atoms. The third-order valence-electron chi connectivity index (χ3n) is 5.25. The first-order valence-electron chi connectivity index (χ1n) is 8.55. The first-order valence-corrected chi connectivity index (χ1v) is 8.55. The number of aryl methyl sites for hydroxylation is 2. The number of hydrogen-bond acceptors (Lipinski definition) is 2. The first kappa shape index (κ1) is 14.9. The van der Waals surface area contributed by atoms with Crippen molar-refractivity contribution in [2.75, 3.05) is 0 Å². The monoisotopic (exact) mass is 340 g/mol. The van der Waals surface area contributed by atoms with Gasteiger partial charge < -0.3 is 9.97 Å². The highest BCUT2D eigenvalue weighted by atomic mass is 16.1. The molecule has 0 saturated heterocycles. The fourth-order valence-electron chi connectivity index (χ4n) is 3.90. The Morgan fingerprint density at radius 3 is 1.42 bits per heavy atom. The zero-order chi connectivity index (χ0) is 18.0. The van der Waals surface area contributed by atoms with Gasteiger partial charge >= 0.3 is 0 Å². The maximum atomic E-state index is 12.7. The van der Waals surface area contributed by atoms with Crippen LogP contribution >= 0.6 is 0 Å². The fraction of sp³-hybridized carbons (Fsp3) is 0.0909. The minimum Gasteiger partial charge on any atom is -0.321 e. The number of pyridine rings is 2. The van der Waals surface area contributed by atoms with Crippen molar-refractivity contribution >= 4 is 43.4 Å². The minimum absolute atomic E-state index is 0.134. The van der Waals surface area contributed by atoms with E-state index in [0.29, 0.717) is 10.8 Å². The number of H-pyrrole nitrogens is 2. The average Bonchev–Trinajstić information content (AvgIpc) is 2.63. The van der Waals surface area contributed by atoms with Crippen molar-refractivity contribution in [3.8, 4) is 0 Å². The van der Waals surface area contributed by atoms with E-state index in [-0.39, 0.29) is 11.1 Å². The highest BCUT2D eigenvalue weighted by molar-refractivity contribution is 6.16. The molecule has 4 nitrogen and oxygen atoms in total. The Labute approximate surface area is 148 Å². The van der Waals surface area contributed by atoms with Gasteiger partial charge in [0.15, 0.2) is 0 Å². The van der Waals surface area contributed by atoms with Crippen molar-refractivity contribution in [3.63, 3.8) is 0 Å². The largest absolute Gasteiger partial charge is 0.321 e. The summed E-state index contributed by atoms with van der Waals surface area (Å²) in [4.78, 5) is 31.5. The Bertz CT molecular complexity index is 1370. The lowest BCUT2D eigenvalue weighted by Crippen LogP contribution is -2.10. The molecule has 126 valence electrons. The lowest BCUT2D eigenvalue weighted by atomic mass is 9.98. The van der Waals surface area contributed by atoms with E-state index in [9.17, 15) is 9.59 Å². The normalized spacial score (nSPS) is 11.8. The van der Waals surface area contributed by atoms with E-state index in [0.717, 1.165) is 43.7 Å². The quantitative estimate of drug-likeness (QED) is 0.326. The van der Waals surface area contributed by atoms with Crippen molar-refractivity contribution in [3.05, 3.63) is 80.4 Å². The molecule has 0 amide bonds. The van der Waals surface area contributed by atoms with E-state index in [1.165, 1.54) is 0 Å². The zero-order valence-corrected chi connectivity index (χ0v) is 14.4. The first-order chi connectivity index (χ1) is 12.5. The maximum absolute atomic E-state index is 12.7. The molecule has 26 heavy (non-hydrogen) atoms. The van der Waals surface area contributed by atoms with Crippen LogP contribution in [0.3, 0.4) is 0 Å². The van der Waals surface area contributed by atoms with Gasteiger partial charge in [-0.25, -0.2) is 0 Å². The summed E-state index contributed by atoms with van der Waals surface area (Å²) in [5, 5.41) is 4.71. The second-order valence-electron chi connectivity index (χ2n) is 6.85. The smallest absolute Gasteiger partial charge is 0.256 e. The number of aromatic amines is 2. The molecule has 2 heterocycles. The molecular weight excluding hydrogens is 324 g/mol. The molecule has 5 rings (SSSR count). The van der Waals surface area contributed by atoms with Crippen LogP contribution in [0.5, 0.6) is 0 Å². The Morgan fingerprint density at radius 1 is 0.577 bits per heavy atom. The molecule has 2 N–H and O–H groups in total. The second-order valence-corrected chi connectivity index (χ2v) is 6.85. The van der Waals surface area contributed by atoms with Crippen molar-refractivity contribution in [2.24, 2.45) is 0 Å². The van der Waals surface area contributed by atoms with E-state index in [2.05, 4.69) is 9.97 Å².